The first-order valence-corrected chi connectivity index (χ1v) is 7.04. The Balaban J connectivity index is 0.00000289. The number of likely N-dealkylation sites (tertiary alicyclic amines) is 1. The van der Waals surface area contributed by atoms with Gasteiger partial charge in [0, 0.05) is 25.6 Å². The van der Waals surface area contributed by atoms with E-state index in [0.29, 0.717) is 23.8 Å². The number of carbonyl (C=O) groups is 1. The molecule has 1 aliphatic heterocycles. The molecule has 0 aromatic rings. The molecule has 18 heavy (non-hydrogen) atoms. The monoisotopic (exact) mass is 276 g/mol. The molecule has 1 rings (SSSR count). The van der Waals surface area contributed by atoms with Crippen molar-refractivity contribution in [2.45, 2.75) is 52.5 Å². The maximum atomic E-state index is 12.3. The van der Waals surface area contributed by atoms with Crippen LogP contribution in [0.2, 0.25) is 0 Å². The van der Waals surface area contributed by atoms with Crippen LogP contribution in [-0.4, -0.2) is 37.0 Å². The van der Waals surface area contributed by atoms with Gasteiger partial charge in [-0.3, -0.25) is 4.79 Å². The summed E-state index contributed by atoms with van der Waals surface area (Å²) in [6.07, 6.45) is 4.16. The van der Waals surface area contributed by atoms with Crippen molar-refractivity contribution in [1.82, 2.24) is 10.2 Å². The van der Waals surface area contributed by atoms with Gasteiger partial charge in [0.2, 0.25) is 5.91 Å². The van der Waals surface area contributed by atoms with Gasteiger partial charge in [0.15, 0.2) is 0 Å². The topological polar surface area (TPSA) is 32.3 Å². The molecule has 2 unspecified atom stereocenters. The summed E-state index contributed by atoms with van der Waals surface area (Å²) in [6, 6.07) is 0.428. The molecule has 0 spiro atoms. The van der Waals surface area contributed by atoms with Crippen LogP contribution in [0, 0.1) is 11.8 Å². The van der Waals surface area contributed by atoms with Crippen molar-refractivity contribution in [3.05, 3.63) is 0 Å². The average Bonchev–Trinajstić information content (AvgIpc) is 2.74. The predicted octanol–water partition coefficient (Wildman–Crippen LogP) is 2.69. The fourth-order valence-electron chi connectivity index (χ4n) is 2.80. The van der Waals surface area contributed by atoms with Gasteiger partial charge in [-0.25, -0.2) is 0 Å². The molecule has 0 aromatic heterocycles. The minimum atomic E-state index is 0. The zero-order valence-corrected chi connectivity index (χ0v) is 13.1. The first-order chi connectivity index (χ1) is 8.10. The fraction of sp³-hybridized carbons (Fsp3) is 0.929. The summed E-state index contributed by atoms with van der Waals surface area (Å²) in [7, 11) is 1.96. The molecule has 0 bridgehead atoms. The number of likely N-dealkylation sites (N-methyl/N-ethyl adjacent to an activating group) is 1. The molecule has 1 fully saturated rings. The third kappa shape index (κ3) is 4.77. The molecule has 4 heteroatoms. The Morgan fingerprint density at radius 2 is 2.11 bits per heavy atom. The average molecular weight is 277 g/mol. The van der Waals surface area contributed by atoms with E-state index in [0.717, 1.165) is 38.8 Å². The molecule has 0 aromatic carbocycles. The number of carbonyl (C=O) groups excluding carboxylic acids is 1. The molecule has 1 N–H and O–H groups in total. The van der Waals surface area contributed by atoms with Gasteiger partial charge in [-0.15, -0.1) is 12.4 Å². The van der Waals surface area contributed by atoms with E-state index in [1.165, 1.54) is 0 Å². The highest BCUT2D eigenvalue weighted by Gasteiger charge is 2.29. The highest BCUT2D eigenvalue weighted by molar-refractivity contribution is 5.85. The lowest BCUT2D eigenvalue weighted by molar-refractivity contribution is -0.133. The Morgan fingerprint density at radius 3 is 2.61 bits per heavy atom. The quantitative estimate of drug-likeness (QED) is 0.809. The second-order valence-electron chi connectivity index (χ2n) is 5.56. The lowest BCUT2D eigenvalue weighted by Crippen LogP contribution is -2.41. The lowest BCUT2D eigenvalue weighted by atomic mass is 9.89. The van der Waals surface area contributed by atoms with E-state index >= 15 is 0 Å². The van der Waals surface area contributed by atoms with Crippen molar-refractivity contribution >= 4 is 18.3 Å². The molecule has 1 aliphatic rings. The van der Waals surface area contributed by atoms with Crippen LogP contribution in [0.4, 0.5) is 0 Å². The minimum Gasteiger partial charge on any atom is -0.338 e. The first-order valence-electron chi connectivity index (χ1n) is 7.04. The van der Waals surface area contributed by atoms with Crippen LogP contribution in [0.3, 0.4) is 0 Å². The summed E-state index contributed by atoms with van der Waals surface area (Å²) in [5, 5.41) is 3.19. The van der Waals surface area contributed by atoms with E-state index in [-0.39, 0.29) is 12.4 Å². The highest BCUT2D eigenvalue weighted by atomic mass is 35.5. The summed E-state index contributed by atoms with van der Waals surface area (Å²) in [6.45, 7) is 8.52. The van der Waals surface area contributed by atoms with E-state index in [1.807, 2.05) is 7.05 Å². The summed E-state index contributed by atoms with van der Waals surface area (Å²) >= 11 is 0. The van der Waals surface area contributed by atoms with Gasteiger partial charge in [-0.05, 0) is 31.7 Å². The number of amides is 1. The molecule has 2 atom stereocenters. The van der Waals surface area contributed by atoms with E-state index in [1.54, 1.807) is 0 Å². The summed E-state index contributed by atoms with van der Waals surface area (Å²) in [5.74, 6) is 1.51. The number of hydrogen-bond donors (Lipinski definition) is 1. The van der Waals surface area contributed by atoms with E-state index in [9.17, 15) is 4.79 Å². The molecule has 1 saturated heterocycles. The second kappa shape index (κ2) is 8.76. The summed E-state index contributed by atoms with van der Waals surface area (Å²) in [4.78, 5) is 14.4. The van der Waals surface area contributed by atoms with Gasteiger partial charge in [-0.1, -0.05) is 27.2 Å². The van der Waals surface area contributed by atoms with Crippen LogP contribution >= 0.6 is 12.4 Å². The van der Waals surface area contributed by atoms with Gasteiger partial charge >= 0.3 is 0 Å². The number of nitrogens with one attached hydrogen (secondary N) is 1. The lowest BCUT2D eigenvalue weighted by Gasteiger charge is -2.27. The number of hydrogen-bond acceptors (Lipinski definition) is 2. The summed E-state index contributed by atoms with van der Waals surface area (Å²) < 4.78 is 0. The molecule has 1 heterocycles. The first kappa shape index (κ1) is 17.7. The van der Waals surface area contributed by atoms with Crippen LogP contribution < -0.4 is 5.32 Å². The van der Waals surface area contributed by atoms with Crippen LogP contribution in [0.15, 0.2) is 0 Å². The molecular weight excluding hydrogens is 248 g/mol. The van der Waals surface area contributed by atoms with Gasteiger partial charge in [0.1, 0.15) is 0 Å². The largest absolute Gasteiger partial charge is 0.338 e. The van der Waals surface area contributed by atoms with Crippen LogP contribution in [0.5, 0.6) is 0 Å². The van der Waals surface area contributed by atoms with Crippen LogP contribution in [0.25, 0.3) is 0 Å². The standard InChI is InChI=1S/C14H28N2O.ClH/c1-5-12(11(2)3)9-14(17)16-8-6-7-13(16)10-15-4;/h11-13,15H,5-10H2,1-4H3;1H. The molecule has 108 valence electrons. The number of nitrogens with zero attached hydrogens (tertiary/aromatic N) is 1. The maximum Gasteiger partial charge on any atom is 0.223 e. The Bertz CT molecular complexity index is 246. The third-order valence-electron chi connectivity index (χ3n) is 4.04. The van der Waals surface area contributed by atoms with Crippen molar-refractivity contribution in [3.63, 3.8) is 0 Å². The minimum absolute atomic E-state index is 0. The van der Waals surface area contributed by atoms with Crippen molar-refractivity contribution in [2.75, 3.05) is 20.1 Å². The van der Waals surface area contributed by atoms with Crippen LogP contribution in [0.1, 0.15) is 46.5 Å². The smallest absolute Gasteiger partial charge is 0.223 e. The van der Waals surface area contributed by atoms with E-state index < -0.39 is 0 Å². The second-order valence-corrected chi connectivity index (χ2v) is 5.56. The zero-order chi connectivity index (χ0) is 12.8. The Morgan fingerprint density at radius 1 is 1.44 bits per heavy atom. The Hall–Kier alpha value is -0.280. The molecule has 1 amide bonds. The Labute approximate surface area is 118 Å². The van der Waals surface area contributed by atoms with Gasteiger partial charge in [0.25, 0.3) is 0 Å². The van der Waals surface area contributed by atoms with Crippen molar-refractivity contribution < 1.29 is 4.79 Å². The molecule has 3 nitrogen and oxygen atoms in total. The van der Waals surface area contributed by atoms with Crippen molar-refractivity contribution in [3.8, 4) is 0 Å². The molecular formula is C14H29ClN2O. The Kier molecular flexibility index (Phi) is 8.62. The maximum absolute atomic E-state index is 12.3. The van der Waals surface area contributed by atoms with Gasteiger partial charge in [-0.2, -0.15) is 0 Å². The number of rotatable bonds is 6. The van der Waals surface area contributed by atoms with Crippen molar-refractivity contribution in [1.29, 1.82) is 0 Å². The molecule has 0 radical (unpaired) electrons. The SMILES string of the molecule is CCC(CC(=O)N1CCCC1CNC)C(C)C.Cl. The summed E-state index contributed by atoms with van der Waals surface area (Å²) in [5.41, 5.74) is 0. The molecule has 0 aliphatic carbocycles. The van der Waals surface area contributed by atoms with Crippen LogP contribution in [-0.2, 0) is 4.79 Å². The fourth-order valence-corrected chi connectivity index (χ4v) is 2.80. The van der Waals surface area contributed by atoms with Gasteiger partial charge in [0.05, 0.1) is 0 Å². The van der Waals surface area contributed by atoms with E-state index in [4.69, 9.17) is 0 Å². The zero-order valence-electron chi connectivity index (χ0n) is 12.2. The predicted molar refractivity (Wildman–Crippen MR) is 79.1 cm³/mol. The molecule has 0 saturated carbocycles. The highest BCUT2D eigenvalue weighted by Crippen LogP contribution is 2.23. The normalized spacial score (nSPS) is 20.9. The van der Waals surface area contributed by atoms with Gasteiger partial charge < -0.3 is 10.2 Å². The third-order valence-corrected chi connectivity index (χ3v) is 4.04. The van der Waals surface area contributed by atoms with Crippen molar-refractivity contribution in [2.24, 2.45) is 11.8 Å². The van der Waals surface area contributed by atoms with E-state index in [2.05, 4.69) is 31.0 Å². The number of halogens is 1.